The lowest BCUT2D eigenvalue weighted by Crippen LogP contribution is -2.52. The van der Waals surface area contributed by atoms with Gasteiger partial charge in [-0.1, -0.05) is 11.6 Å². The van der Waals surface area contributed by atoms with E-state index in [2.05, 4.69) is 4.98 Å². The molecule has 0 saturated carbocycles. The normalized spacial score (nSPS) is 17.2. The maximum Gasteiger partial charge on any atom is 0.277 e. The van der Waals surface area contributed by atoms with Crippen LogP contribution >= 0.6 is 11.6 Å². The highest BCUT2D eigenvalue weighted by molar-refractivity contribution is 7.86. The quantitative estimate of drug-likeness (QED) is 0.765. The van der Waals surface area contributed by atoms with E-state index in [1.807, 2.05) is 0 Å². The van der Waals surface area contributed by atoms with E-state index in [0.29, 0.717) is 0 Å². The van der Waals surface area contributed by atoms with Gasteiger partial charge in [0.25, 0.3) is 16.1 Å². The molecule has 1 aliphatic heterocycles. The third-order valence-corrected chi connectivity index (χ3v) is 4.31. The second kappa shape index (κ2) is 5.60. The molecule has 0 atom stereocenters. The Morgan fingerprint density at radius 3 is 2.50 bits per heavy atom. The first-order valence-corrected chi connectivity index (χ1v) is 7.55. The van der Waals surface area contributed by atoms with Crippen LogP contribution in [0.5, 0.6) is 0 Å². The van der Waals surface area contributed by atoms with Gasteiger partial charge in [0.05, 0.1) is 11.8 Å². The van der Waals surface area contributed by atoms with Gasteiger partial charge in [0.1, 0.15) is 11.0 Å². The van der Waals surface area contributed by atoms with Crippen LogP contribution in [0.2, 0.25) is 5.15 Å². The Bertz CT molecular complexity index is 631. The van der Waals surface area contributed by atoms with Gasteiger partial charge >= 0.3 is 0 Å². The molecule has 0 aromatic carbocycles. The molecular formula is C10H12ClFN4O3S. The number of hydrogen-bond donors (Lipinski definition) is 1. The third-order valence-electron chi connectivity index (χ3n) is 2.92. The standard InChI is InChI=1S/C10H12ClFN4O3S/c11-9-8(5-7(12)6-14-9)10(17)15-1-3-16(4-2-15)20(13,18)19/h5-6H,1-4H2,(H2,13,18,19). The Morgan fingerprint density at radius 2 is 1.95 bits per heavy atom. The minimum absolute atomic E-state index is 0.0456. The van der Waals surface area contributed by atoms with E-state index in [0.717, 1.165) is 16.6 Å². The van der Waals surface area contributed by atoms with Gasteiger partial charge in [-0.3, -0.25) is 4.79 Å². The van der Waals surface area contributed by atoms with Crippen molar-refractivity contribution in [2.45, 2.75) is 0 Å². The highest BCUT2D eigenvalue weighted by atomic mass is 35.5. The van der Waals surface area contributed by atoms with Crippen molar-refractivity contribution in [1.82, 2.24) is 14.2 Å². The first-order valence-electron chi connectivity index (χ1n) is 5.67. The van der Waals surface area contributed by atoms with Gasteiger partial charge in [0, 0.05) is 26.2 Å². The van der Waals surface area contributed by atoms with Crippen molar-refractivity contribution in [2.24, 2.45) is 5.14 Å². The number of carbonyl (C=O) groups excluding carboxylic acids is 1. The fourth-order valence-corrected chi connectivity index (χ4v) is 2.75. The summed E-state index contributed by atoms with van der Waals surface area (Å²) in [5.74, 6) is -1.16. The maximum absolute atomic E-state index is 13.1. The van der Waals surface area contributed by atoms with Crippen molar-refractivity contribution < 1.29 is 17.6 Å². The molecule has 110 valence electrons. The zero-order chi connectivity index (χ0) is 14.9. The van der Waals surface area contributed by atoms with Crippen LogP contribution in [0.15, 0.2) is 12.3 Å². The molecule has 0 radical (unpaired) electrons. The average Bonchev–Trinajstić information content (AvgIpc) is 2.40. The van der Waals surface area contributed by atoms with Crippen LogP contribution in [0.25, 0.3) is 0 Å². The van der Waals surface area contributed by atoms with Gasteiger partial charge in [-0.15, -0.1) is 0 Å². The maximum atomic E-state index is 13.1. The first-order chi connectivity index (χ1) is 9.29. The number of carbonyl (C=O) groups is 1. The van der Waals surface area contributed by atoms with Crippen LogP contribution in [0, 0.1) is 5.82 Å². The van der Waals surface area contributed by atoms with E-state index < -0.39 is 21.9 Å². The summed E-state index contributed by atoms with van der Waals surface area (Å²) in [5.41, 5.74) is -0.0456. The molecule has 0 bridgehead atoms. The summed E-state index contributed by atoms with van der Waals surface area (Å²) in [5, 5.41) is 4.91. The number of aromatic nitrogens is 1. The molecule has 2 N–H and O–H groups in total. The van der Waals surface area contributed by atoms with Crippen LogP contribution in [0.1, 0.15) is 10.4 Å². The number of nitrogens with two attached hydrogens (primary N) is 1. The van der Waals surface area contributed by atoms with Gasteiger partial charge in [0.15, 0.2) is 0 Å². The van der Waals surface area contributed by atoms with Gasteiger partial charge in [-0.25, -0.2) is 14.5 Å². The summed E-state index contributed by atoms with van der Waals surface area (Å²) < 4.78 is 36.5. The van der Waals surface area contributed by atoms with E-state index in [1.54, 1.807) is 0 Å². The zero-order valence-electron chi connectivity index (χ0n) is 10.3. The zero-order valence-corrected chi connectivity index (χ0v) is 11.9. The van der Waals surface area contributed by atoms with Crippen LogP contribution in [0.4, 0.5) is 4.39 Å². The van der Waals surface area contributed by atoms with Crippen molar-refractivity contribution >= 4 is 27.7 Å². The highest BCUT2D eigenvalue weighted by Crippen LogP contribution is 2.17. The predicted octanol–water partition coefficient (Wildman–Crippen LogP) is -0.165. The molecule has 10 heteroatoms. The predicted molar refractivity (Wildman–Crippen MR) is 69.8 cm³/mol. The second-order valence-electron chi connectivity index (χ2n) is 4.23. The Kier molecular flexibility index (Phi) is 4.23. The number of hydrogen-bond acceptors (Lipinski definition) is 4. The fraction of sp³-hybridized carbons (Fsp3) is 0.400. The molecule has 7 nitrogen and oxygen atoms in total. The van der Waals surface area contributed by atoms with Crippen LogP contribution in [-0.2, 0) is 10.2 Å². The summed E-state index contributed by atoms with van der Waals surface area (Å²) in [4.78, 5) is 17.1. The van der Waals surface area contributed by atoms with Gasteiger partial charge in [0.2, 0.25) is 0 Å². The summed E-state index contributed by atoms with van der Waals surface area (Å²) in [7, 11) is -3.76. The molecule has 2 heterocycles. The lowest BCUT2D eigenvalue weighted by atomic mass is 10.2. The topological polar surface area (TPSA) is 96.6 Å². The number of halogens is 2. The summed E-state index contributed by atoms with van der Waals surface area (Å²) in [6.07, 6.45) is 0.915. The molecule has 1 aliphatic rings. The Labute approximate surface area is 120 Å². The summed E-state index contributed by atoms with van der Waals surface area (Å²) in [6, 6.07) is 1.00. The molecule has 2 rings (SSSR count). The second-order valence-corrected chi connectivity index (χ2v) is 6.13. The molecule has 0 unspecified atom stereocenters. The first kappa shape index (κ1) is 15.1. The average molecular weight is 323 g/mol. The van der Waals surface area contributed by atoms with E-state index in [4.69, 9.17) is 16.7 Å². The molecule has 1 saturated heterocycles. The largest absolute Gasteiger partial charge is 0.336 e. The minimum atomic E-state index is -3.76. The van der Waals surface area contributed by atoms with E-state index >= 15 is 0 Å². The van der Waals surface area contributed by atoms with E-state index in [9.17, 15) is 17.6 Å². The monoisotopic (exact) mass is 322 g/mol. The summed E-state index contributed by atoms with van der Waals surface area (Å²) in [6.45, 7) is 0.486. The van der Waals surface area contributed by atoms with Gasteiger partial charge in [-0.2, -0.15) is 12.7 Å². The molecule has 1 fully saturated rings. The van der Waals surface area contributed by atoms with Crippen molar-refractivity contribution in [3.63, 3.8) is 0 Å². The Balaban J connectivity index is 2.11. The Morgan fingerprint density at radius 1 is 1.35 bits per heavy atom. The lowest BCUT2D eigenvalue weighted by molar-refractivity contribution is 0.0697. The van der Waals surface area contributed by atoms with Gasteiger partial charge < -0.3 is 4.90 Å². The molecule has 1 amide bonds. The highest BCUT2D eigenvalue weighted by Gasteiger charge is 2.28. The van der Waals surface area contributed by atoms with Crippen LogP contribution < -0.4 is 5.14 Å². The number of amides is 1. The summed E-state index contributed by atoms with van der Waals surface area (Å²) >= 11 is 5.76. The Hall–Kier alpha value is -1.29. The van der Waals surface area contributed by atoms with Gasteiger partial charge in [-0.05, 0) is 6.07 Å². The van der Waals surface area contributed by atoms with Crippen LogP contribution in [0.3, 0.4) is 0 Å². The molecule has 0 spiro atoms. The van der Waals surface area contributed by atoms with Crippen molar-refractivity contribution in [3.05, 3.63) is 28.8 Å². The number of nitrogens with zero attached hydrogens (tertiary/aromatic N) is 3. The molecule has 1 aromatic rings. The smallest absolute Gasteiger partial charge is 0.277 e. The molecular weight excluding hydrogens is 311 g/mol. The van der Waals surface area contributed by atoms with Crippen molar-refractivity contribution in [2.75, 3.05) is 26.2 Å². The fourth-order valence-electron chi connectivity index (χ4n) is 1.89. The van der Waals surface area contributed by atoms with E-state index in [1.165, 1.54) is 4.90 Å². The number of pyridine rings is 1. The molecule has 1 aromatic heterocycles. The third kappa shape index (κ3) is 3.23. The number of rotatable bonds is 2. The van der Waals surface area contributed by atoms with Crippen molar-refractivity contribution in [1.29, 1.82) is 0 Å². The van der Waals surface area contributed by atoms with Crippen LogP contribution in [-0.4, -0.2) is 54.7 Å². The SMILES string of the molecule is NS(=O)(=O)N1CCN(C(=O)c2cc(F)cnc2Cl)CC1. The molecule has 20 heavy (non-hydrogen) atoms. The minimum Gasteiger partial charge on any atom is -0.336 e. The van der Waals surface area contributed by atoms with E-state index in [-0.39, 0.29) is 36.9 Å². The lowest BCUT2D eigenvalue weighted by Gasteiger charge is -2.33. The van der Waals surface area contributed by atoms with Crippen molar-refractivity contribution in [3.8, 4) is 0 Å². The number of piperazine rings is 1. The molecule has 0 aliphatic carbocycles.